The highest BCUT2D eigenvalue weighted by atomic mass is 32.2. The molecule has 6 aromatic rings. The lowest BCUT2D eigenvalue weighted by atomic mass is 9.85. The van der Waals surface area contributed by atoms with Crippen molar-refractivity contribution in [2.24, 2.45) is 5.41 Å². The molecule has 3 saturated heterocycles. The number of nitrogens with one attached hydrogen (secondary N) is 4. The molecule has 3 aromatic heterocycles. The number of carbonyl (C=O) groups is 5. The number of likely N-dealkylation sites (tertiary alicyclic amines) is 1. The number of aromatic nitrogens is 3. The number of alkyl halides is 1. The Hall–Kier alpha value is -7.33. The summed E-state index contributed by atoms with van der Waals surface area (Å²) in [6.07, 6.45) is 1.33. The monoisotopic (exact) mass is 1240 g/mol. The molecule has 4 N–H and O–H groups in total. The third-order valence-corrected chi connectivity index (χ3v) is 18.1. The second-order valence-electron chi connectivity index (χ2n) is 22.8. The summed E-state index contributed by atoms with van der Waals surface area (Å²) in [6.45, 7) is 11.5. The van der Waals surface area contributed by atoms with Crippen molar-refractivity contribution >= 4 is 73.4 Å². The van der Waals surface area contributed by atoms with Gasteiger partial charge in [-0.25, -0.2) is 23.1 Å². The molecule has 4 atom stereocenters. The number of piperazine rings is 1. The first-order chi connectivity index (χ1) is 41.7. The lowest BCUT2D eigenvalue weighted by Gasteiger charge is -2.36. The minimum Gasteiger partial charge on any atom is -0.460 e. The molecule has 87 heavy (non-hydrogen) atoms. The second-order valence-corrected chi connectivity index (χ2v) is 25.4. The summed E-state index contributed by atoms with van der Waals surface area (Å²) in [5.41, 5.74) is 4.73. The van der Waals surface area contributed by atoms with Gasteiger partial charge in [-0.05, 0) is 72.2 Å². The largest absolute Gasteiger partial charge is 0.460 e. The number of thiazole rings is 1. The van der Waals surface area contributed by atoms with Crippen LogP contribution < -0.4 is 20.3 Å². The number of nitrogens with zero attached hydrogens (tertiary/aromatic N) is 6. The predicted molar refractivity (Wildman–Crippen MR) is 322 cm³/mol. The van der Waals surface area contributed by atoms with Gasteiger partial charge in [0.05, 0.1) is 53.7 Å². The van der Waals surface area contributed by atoms with E-state index in [2.05, 4.69) is 35.4 Å². The Morgan fingerprint density at radius 2 is 1.62 bits per heavy atom. The SMILES string of the molecule is COCCOCCCC(=O)O[C@@H]1C[C@@H](C(=O)NCc2ccc(-c3scnc3C)cc2)N(C(=O)[C@@H](NC(=O)COCCN2CCN(c3ccc(-c4cnc5[nH]cc(C(=O)c6c(F)ccc(NS(=O)(=O)N7CC[C@@H](F)C7)c6F)c5c4)cc3)CC2)C(C)(C)C)C1. The lowest BCUT2D eigenvalue weighted by Crippen LogP contribution is -2.58. The number of hydrogen-bond acceptors (Lipinski definition) is 16. The summed E-state index contributed by atoms with van der Waals surface area (Å²) >= 11 is 1.55. The van der Waals surface area contributed by atoms with Crippen molar-refractivity contribution in [1.29, 1.82) is 0 Å². The van der Waals surface area contributed by atoms with E-state index in [4.69, 9.17) is 18.9 Å². The van der Waals surface area contributed by atoms with Crippen LogP contribution in [0.1, 0.15) is 73.6 Å². The molecule has 0 saturated carbocycles. The molecular formula is C61H73F3N10O11S2. The van der Waals surface area contributed by atoms with Gasteiger partial charge in [-0.1, -0.05) is 57.2 Å². The first-order valence-electron chi connectivity index (χ1n) is 28.9. The number of fused-ring (bicyclic) bond motifs is 1. The van der Waals surface area contributed by atoms with Crippen molar-refractivity contribution < 1.29 is 64.5 Å². The highest BCUT2D eigenvalue weighted by Gasteiger charge is 2.46. The fourth-order valence-corrected chi connectivity index (χ4v) is 12.8. The quantitative estimate of drug-likeness (QED) is 0.0247. The Balaban J connectivity index is 0.754. The number of rotatable bonds is 26. The standard InChI is InChI=1S/C61H73F3N10O11S2/c1-38-56(86-37-68-38)41-10-8-39(9-11-41)31-67-59(78)50-30-45(85-52(76)7-6-25-83-28-27-82-5)35-74(50)60(79)57(61(2,3)4)69-51(75)36-84-26-24-71-20-22-72(23-21-71)44-14-12-40(13-15-44)42-29-46-47(33-66-58(46)65-32-42)55(77)53-48(63)16-17-49(54(53)64)70-87(80,81)73-19-18-43(62)34-73/h8-17,29,32-33,37,43,45,50,57,70H,6-7,18-28,30-31,34-36H2,1-5H3,(H,65,66)(H,67,78)(H,69,75)/t43-,45-,50+,57-/m1/s1. The Bertz CT molecular complexity index is 3520. The molecular weight excluding hydrogens is 1170 g/mol. The summed E-state index contributed by atoms with van der Waals surface area (Å²) in [5, 5.41) is 6.15. The molecule has 0 aliphatic carbocycles. The van der Waals surface area contributed by atoms with Crippen molar-refractivity contribution in [3.05, 3.63) is 119 Å². The smallest absolute Gasteiger partial charge is 0.306 e. The first-order valence-corrected chi connectivity index (χ1v) is 31.2. The number of pyridine rings is 1. The van der Waals surface area contributed by atoms with E-state index in [1.54, 1.807) is 36.2 Å². The van der Waals surface area contributed by atoms with E-state index in [1.807, 2.05) is 80.9 Å². The van der Waals surface area contributed by atoms with Crippen LogP contribution in [0, 0.1) is 24.0 Å². The van der Waals surface area contributed by atoms with E-state index < -0.39 is 98.9 Å². The molecule has 0 unspecified atom stereocenters. The number of methoxy groups -OCH3 is 1. The number of carbonyl (C=O) groups excluding carboxylic acids is 5. The maximum atomic E-state index is 15.9. The molecule has 3 aromatic carbocycles. The number of aromatic amines is 1. The predicted octanol–water partition coefficient (Wildman–Crippen LogP) is 6.81. The fourth-order valence-electron chi connectivity index (χ4n) is 10.7. The van der Waals surface area contributed by atoms with Gasteiger partial charge in [-0.2, -0.15) is 12.7 Å². The minimum absolute atomic E-state index is 0.0170. The maximum absolute atomic E-state index is 15.9. The van der Waals surface area contributed by atoms with E-state index in [-0.39, 0.29) is 68.7 Å². The third-order valence-electron chi connectivity index (χ3n) is 15.6. The van der Waals surface area contributed by atoms with Gasteiger partial charge in [-0.15, -0.1) is 11.3 Å². The van der Waals surface area contributed by atoms with Gasteiger partial charge in [0.2, 0.25) is 23.5 Å². The van der Waals surface area contributed by atoms with Crippen LogP contribution in [-0.4, -0.2) is 184 Å². The van der Waals surface area contributed by atoms with Gasteiger partial charge in [0.15, 0.2) is 5.82 Å². The average molecular weight is 1240 g/mol. The summed E-state index contributed by atoms with van der Waals surface area (Å²) in [6, 6.07) is 16.8. The molecule has 6 heterocycles. The van der Waals surface area contributed by atoms with E-state index in [1.165, 1.54) is 11.1 Å². The zero-order valence-electron chi connectivity index (χ0n) is 49.2. The highest BCUT2D eigenvalue weighted by Crippen LogP contribution is 2.33. The topological polar surface area (TPSA) is 247 Å². The van der Waals surface area contributed by atoms with Gasteiger partial charge in [-0.3, -0.25) is 33.6 Å². The van der Waals surface area contributed by atoms with Crippen LogP contribution in [0.3, 0.4) is 0 Å². The molecule has 9 rings (SSSR count). The van der Waals surface area contributed by atoms with Crippen LogP contribution in [-0.2, 0) is 54.9 Å². The summed E-state index contributed by atoms with van der Waals surface area (Å²) < 4.78 is 95.6. The first kappa shape index (κ1) is 64.2. The highest BCUT2D eigenvalue weighted by molar-refractivity contribution is 7.90. The van der Waals surface area contributed by atoms with E-state index in [9.17, 15) is 36.8 Å². The van der Waals surface area contributed by atoms with Crippen molar-refractivity contribution in [3.8, 4) is 21.6 Å². The van der Waals surface area contributed by atoms with Crippen molar-refractivity contribution in [3.63, 3.8) is 0 Å². The molecule has 0 spiro atoms. The fraction of sp³-hybridized carbons (Fsp3) is 0.459. The van der Waals surface area contributed by atoms with Gasteiger partial charge in [0.1, 0.15) is 42.4 Å². The van der Waals surface area contributed by atoms with Crippen LogP contribution in [0.4, 0.5) is 24.5 Å². The van der Waals surface area contributed by atoms with Crippen molar-refractivity contribution in [1.82, 2.24) is 39.7 Å². The van der Waals surface area contributed by atoms with E-state index in [0.29, 0.717) is 64.5 Å². The van der Waals surface area contributed by atoms with Crippen LogP contribution >= 0.6 is 11.3 Å². The van der Waals surface area contributed by atoms with E-state index in [0.717, 1.165) is 49.4 Å². The zero-order valence-corrected chi connectivity index (χ0v) is 50.9. The molecule has 3 aliphatic rings. The summed E-state index contributed by atoms with van der Waals surface area (Å²) in [7, 11) is -2.82. The summed E-state index contributed by atoms with van der Waals surface area (Å²) in [4.78, 5) is 87.6. The number of ketones is 1. The molecule has 0 radical (unpaired) electrons. The van der Waals surface area contributed by atoms with Gasteiger partial charge < -0.3 is 44.4 Å². The summed E-state index contributed by atoms with van der Waals surface area (Å²) in [5.74, 6) is -5.53. The van der Waals surface area contributed by atoms with Crippen LogP contribution in [0.5, 0.6) is 0 Å². The van der Waals surface area contributed by atoms with Crippen LogP contribution in [0.15, 0.2) is 84.6 Å². The second kappa shape index (κ2) is 28.7. The Labute approximate surface area is 507 Å². The maximum Gasteiger partial charge on any atom is 0.306 e. The Kier molecular flexibility index (Phi) is 21.1. The van der Waals surface area contributed by atoms with Gasteiger partial charge >= 0.3 is 16.2 Å². The number of hydrogen-bond donors (Lipinski definition) is 4. The number of ether oxygens (including phenoxy) is 4. The number of benzene rings is 3. The van der Waals surface area contributed by atoms with Gasteiger partial charge in [0, 0.05) is 114 Å². The van der Waals surface area contributed by atoms with Crippen LogP contribution in [0.25, 0.3) is 32.6 Å². The normalized spacial score (nSPS) is 18.0. The molecule has 26 heteroatoms. The van der Waals surface area contributed by atoms with Crippen LogP contribution in [0.2, 0.25) is 0 Å². The van der Waals surface area contributed by atoms with Crippen molar-refractivity contribution in [2.75, 3.05) is 102 Å². The molecule has 0 bridgehead atoms. The zero-order chi connectivity index (χ0) is 62.0. The minimum atomic E-state index is -4.39. The molecule has 3 aliphatic heterocycles. The number of amides is 3. The molecule has 3 fully saturated rings. The van der Waals surface area contributed by atoms with Gasteiger partial charge in [0.25, 0.3) is 0 Å². The molecule has 466 valence electrons. The Morgan fingerprint density at radius 3 is 2.31 bits per heavy atom. The number of aryl methyl sites for hydroxylation is 1. The van der Waals surface area contributed by atoms with Crippen molar-refractivity contribution in [2.45, 2.75) is 84.3 Å². The van der Waals surface area contributed by atoms with E-state index >= 15 is 8.78 Å². The lowest BCUT2D eigenvalue weighted by molar-refractivity contribution is -0.150. The Morgan fingerprint density at radius 1 is 0.874 bits per heavy atom. The number of anilines is 2. The number of halogens is 3. The third kappa shape index (κ3) is 16.1. The molecule has 21 nitrogen and oxygen atoms in total. The number of esters is 1. The molecule has 3 amide bonds. The average Bonchev–Trinajstić information content (AvgIpc) is 2.48. The number of H-pyrrole nitrogens is 1.